The summed E-state index contributed by atoms with van der Waals surface area (Å²) in [7, 11) is 0. The molecule has 0 spiro atoms. The molecule has 4 nitrogen and oxygen atoms in total. The van der Waals surface area contributed by atoms with Gasteiger partial charge in [0.25, 0.3) is 5.91 Å². The number of carbonyl (C=O) groups excluding carboxylic acids is 2. The molecule has 2 fully saturated rings. The second-order valence-corrected chi connectivity index (χ2v) is 7.98. The van der Waals surface area contributed by atoms with E-state index in [1.807, 2.05) is 31.2 Å². The molecule has 146 valence electrons. The average Bonchev–Trinajstić information content (AvgIpc) is 3.43. The van der Waals surface area contributed by atoms with Crippen LogP contribution in [-0.4, -0.2) is 36.3 Å². The second-order valence-electron chi connectivity index (χ2n) is 7.98. The Balaban J connectivity index is 1.56. The normalized spacial score (nSPS) is 21.6. The van der Waals surface area contributed by atoms with Crippen molar-refractivity contribution in [2.45, 2.75) is 25.7 Å². The lowest BCUT2D eigenvalue weighted by molar-refractivity contribution is -0.125. The molecule has 0 unspecified atom stereocenters. The van der Waals surface area contributed by atoms with Gasteiger partial charge in [-0.1, -0.05) is 24.3 Å². The number of nitrogens with one attached hydrogen (secondary N) is 1. The summed E-state index contributed by atoms with van der Waals surface area (Å²) in [6, 6.07) is 13.6. The molecule has 0 aromatic heterocycles. The first-order chi connectivity index (χ1) is 13.5. The number of rotatable bonds is 5. The smallest absolute Gasteiger partial charge is 0.253 e. The zero-order chi connectivity index (χ0) is 19.7. The molecule has 4 rings (SSSR count). The van der Waals surface area contributed by atoms with Crippen molar-refractivity contribution >= 4 is 11.8 Å². The van der Waals surface area contributed by atoms with Crippen LogP contribution in [0, 0.1) is 24.6 Å². The van der Waals surface area contributed by atoms with Crippen LogP contribution in [0.4, 0.5) is 4.39 Å². The molecule has 1 saturated heterocycles. The molecule has 28 heavy (non-hydrogen) atoms. The van der Waals surface area contributed by atoms with Crippen LogP contribution >= 0.6 is 0 Å². The van der Waals surface area contributed by atoms with Gasteiger partial charge >= 0.3 is 0 Å². The number of hydrogen-bond donors (Lipinski definition) is 1. The van der Waals surface area contributed by atoms with Gasteiger partial charge in [0.2, 0.25) is 5.91 Å². The minimum atomic E-state index is -0.368. The molecule has 2 aromatic rings. The van der Waals surface area contributed by atoms with E-state index in [0.717, 1.165) is 17.7 Å². The quantitative estimate of drug-likeness (QED) is 0.863. The van der Waals surface area contributed by atoms with E-state index in [1.54, 1.807) is 4.90 Å². The van der Waals surface area contributed by atoms with Crippen molar-refractivity contribution in [2.75, 3.05) is 19.6 Å². The number of nitrogens with zero attached hydrogens (tertiary/aromatic N) is 1. The highest BCUT2D eigenvalue weighted by molar-refractivity contribution is 5.95. The number of likely N-dealkylation sites (tertiary alicyclic amines) is 1. The van der Waals surface area contributed by atoms with Gasteiger partial charge < -0.3 is 10.2 Å². The van der Waals surface area contributed by atoms with Crippen molar-refractivity contribution in [3.8, 4) is 0 Å². The third kappa shape index (κ3) is 3.93. The van der Waals surface area contributed by atoms with Crippen molar-refractivity contribution in [3.63, 3.8) is 0 Å². The summed E-state index contributed by atoms with van der Waals surface area (Å²) in [6.45, 7) is 3.63. The fourth-order valence-electron chi connectivity index (χ4n) is 4.03. The Morgan fingerprint density at radius 2 is 1.79 bits per heavy atom. The van der Waals surface area contributed by atoms with Crippen molar-refractivity contribution < 1.29 is 14.0 Å². The highest BCUT2D eigenvalue weighted by atomic mass is 19.1. The van der Waals surface area contributed by atoms with Crippen LogP contribution in [0.5, 0.6) is 0 Å². The molecule has 1 saturated carbocycles. The maximum Gasteiger partial charge on any atom is 0.253 e. The molecule has 0 bridgehead atoms. The Hall–Kier alpha value is -2.69. The van der Waals surface area contributed by atoms with Gasteiger partial charge in [0.15, 0.2) is 0 Å². The standard InChI is InChI=1S/C23H25FN2O2/c1-15-4-2-3-5-19(15)20-13-26(23(28)17-8-10-18(24)11-9-17)14-21(20)22(27)25-12-16-6-7-16/h2-5,8-11,16,20-21H,6-7,12-14H2,1H3,(H,25,27)/t20-,21+/m1/s1. The van der Waals surface area contributed by atoms with E-state index in [0.29, 0.717) is 24.6 Å². The molecule has 1 aliphatic carbocycles. The zero-order valence-corrected chi connectivity index (χ0v) is 16.0. The van der Waals surface area contributed by atoms with Crippen LogP contribution in [0.25, 0.3) is 0 Å². The lowest BCUT2D eigenvalue weighted by Crippen LogP contribution is -2.36. The number of halogens is 1. The number of carbonyl (C=O) groups is 2. The molecule has 2 amide bonds. The molecule has 1 N–H and O–H groups in total. The first kappa shape index (κ1) is 18.7. The molecule has 0 radical (unpaired) electrons. The van der Waals surface area contributed by atoms with Crippen LogP contribution in [-0.2, 0) is 4.79 Å². The third-order valence-corrected chi connectivity index (χ3v) is 5.88. The number of hydrogen-bond acceptors (Lipinski definition) is 2. The van der Waals surface area contributed by atoms with Crippen LogP contribution in [0.15, 0.2) is 48.5 Å². The van der Waals surface area contributed by atoms with Crippen molar-refractivity contribution in [1.82, 2.24) is 10.2 Å². The summed E-state index contributed by atoms with van der Waals surface area (Å²) in [4.78, 5) is 27.6. The summed E-state index contributed by atoms with van der Waals surface area (Å²) >= 11 is 0. The fourth-order valence-corrected chi connectivity index (χ4v) is 4.03. The topological polar surface area (TPSA) is 49.4 Å². The van der Waals surface area contributed by atoms with E-state index < -0.39 is 0 Å². The Morgan fingerprint density at radius 3 is 2.46 bits per heavy atom. The van der Waals surface area contributed by atoms with Gasteiger partial charge in [-0.3, -0.25) is 9.59 Å². The Labute approximate surface area is 164 Å². The fraction of sp³-hybridized carbons (Fsp3) is 0.391. The zero-order valence-electron chi connectivity index (χ0n) is 16.0. The third-order valence-electron chi connectivity index (χ3n) is 5.88. The molecular formula is C23H25FN2O2. The molecule has 2 aliphatic rings. The summed E-state index contributed by atoms with van der Waals surface area (Å²) in [5, 5.41) is 3.09. The summed E-state index contributed by atoms with van der Waals surface area (Å²) in [5.74, 6) is -0.202. The molecule has 1 heterocycles. The summed E-state index contributed by atoms with van der Waals surface area (Å²) < 4.78 is 13.2. The Bertz CT molecular complexity index is 876. The van der Waals surface area contributed by atoms with Crippen LogP contribution in [0.3, 0.4) is 0 Å². The molecule has 5 heteroatoms. The Morgan fingerprint density at radius 1 is 1.07 bits per heavy atom. The van der Waals surface area contributed by atoms with Crippen molar-refractivity contribution in [2.24, 2.45) is 11.8 Å². The van der Waals surface area contributed by atoms with E-state index in [9.17, 15) is 14.0 Å². The van der Waals surface area contributed by atoms with Gasteiger partial charge in [-0.15, -0.1) is 0 Å². The lowest BCUT2D eigenvalue weighted by atomic mass is 9.86. The van der Waals surface area contributed by atoms with Gasteiger partial charge in [0.05, 0.1) is 5.92 Å². The lowest BCUT2D eigenvalue weighted by Gasteiger charge is -2.20. The van der Waals surface area contributed by atoms with Gasteiger partial charge in [-0.05, 0) is 61.1 Å². The van der Waals surface area contributed by atoms with Gasteiger partial charge in [-0.25, -0.2) is 4.39 Å². The van der Waals surface area contributed by atoms with E-state index in [4.69, 9.17) is 0 Å². The van der Waals surface area contributed by atoms with Crippen molar-refractivity contribution in [1.29, 1.82) is 0 Å². The first-order valence-corrected chi connectivity index (χ1v) is 9.91. The minimum absolute atomic E-state index is 0.0227. The number of amides is 2. The van der Waals surface area contributed by atoms with Gasteiger partial charge in [0, 0.05) is 31.1 Å². The highest BCUT2D eigenvalue weighted by Crippen LogP contribution is 2.36. The number of aryl methyl sites for hydroxylation is 1. The predicted molar refractivity (Wildman–Crippen MR) is 105 cm³/mol. The van der Waals surface area contributed by atoms with E-state index in [-0.39, 0.29) is 29.5 Å². The van der Waals surface area contributed by atoms with E-state index in [1.165, 1.54) is 37.1 Å². The predicted octanol–water partition coefficient (Wildman–Crippen LogP) is 3.52. The first-order valence-electron chi connectivity index (χ1n) is 9.91. The average molecular weight is 380 g/mol. The van der Waals surface area contributed by atoms with Gasteiger partial charge in [-0.2, -0.15) is 0 Å². The molecule has 1 aliphatic heterocycles. The van der Waals surface area contributed by atoms with E-state index >= 15 is 0 Å². The molecule has 2 aromatic carbocycles. The second kappa shape index (κ2) is 7.74. The Kier molecular flexibility index (Phi) is 5.16. The maximum absolute atomic E-state index is 13.2. The molecule has 2 atom stereocenters. The SMILES string of the molecule is Cc1ccccc1[C@H]1CN(C(=O)c2ccc(F)cc2)C[C@@H]1C(=O)NCC1CC1. The van der Waals surface area contributed by atoms with Crippen LogP contribution in [0.1, 0.15) is 40.2 Å². The van der Waals surface area contributed by atoms with Crippen LogP contribution < -0.4 is 5.32 Å². The summed E-state index contributed by atoms with van der Waals surface area (Å²) in [6.07, 6.45) is 2.36. The molecular weight excluding hydrogens is 355 g/mol. The van der Waals surface area contributed by atoms with Gasteiger partial charge in [0.1, 0.15) is 5.82 Å². The number of benzene rings is 2. The monoisotopic (exact) mass is 380 g/mol. The minimum Gasteiger partial charge on any atom is -0.356 e. The van der Waals surface area contributed by atoms with E-state index in [2.05, 4.69) is 5.32 Å². The maximum atomic E-state index is 13.2. The largest absolute Gasteiger partial charge is 0.356 e. The highest BCUT2D eigenvalue weighted by Gasteiger charge is 2.41. The van der Waals surface area contributed by atoms with Crippen molar-refractivity contribution in [3.05, 3.63) is 71.0 Å². The summed E-state index contributed by atoms with van der Waals surface area (Å²) in [5.41, 5.74) is 2.69. The van der Waals surface area contributed by atoms with Crippen LogP contribution in [0.2, 0.25) is 0 Å².